The number of hydrogen-bond acceptors (Lipinski definition) is 3. The van der Waals surface area contributed by atoms with E-state index in [0.717, 1.165) is 12.8 Å². The quantitative estimate of drug-likeness (QED) is 0.131. The van der Waals surface area contributed by atoms with E-state index in [1.807, 2.05) is 0 Å². The molecule has 0 aromatic rings. The summed E-state index contributed by atoms with van der Waals surface area (Å²) in [7, 11) is 0. The van der Waals surface area contributed by atoms with E-state index in [1.54, 1.807) is 0 Å². The van der Waals surface area contributed by atoms with Crippen LogP contribution in [-0.4, -0.2) is 24.3 Å². The van der Waals surface area contributed by atoms with E-state index in [9.17, 15) is 4.79 Å². The van der Waals surface area contributed by atoms with E-state index in [4.69, 9.17) is 9.84 Å². The first kappa shape index (κ1) is 26.2. The highest BCUT2D eigenvalue weighted by molar-refractivity contribution is 5.69. The van der Waals surface area contributed by atoms with Crippen LogP contribution >= 0.6 is 0 Å². The number of carbonyl (C=O) groups is 1. The summed E-state index contributed by atoms with van der Waals surface area (Å²) in [5.74, 6) is -0.176. The van der Waals surface area contributed by atoms with Crippen molar-refractivity contribution in [2.24, 2.45) is 0 Å². The maximum atomic E-state index is 11.2. The van der Waals surface area contributed by atoms with Gasteiger partial charge in [0.25, 0.3) is 0 Å². The molecule has 0 aliphatic heterocycles. The van der Waals surface area contributed by atoms with Crippen LogP contribution in [0.3, 0.4) is 0 Å². The summed E-state index contributed by atoms with van der Waals surface area (Å²) in [6.07, 6.45) is 27.4. The lowest BCUT2D eigenvalue weighted by molar-refractivity contribution is -0.144. The minimum atomic E-state index is -0.176. The van der Waals surface area contributed by atoms with Crippen LogP contribution in [0.25, 0.3) is 0 Å². The van der Waals surface area contributed by atoms with Crippen LogP contribution in [-0.2, 0) is 9.53 Å². The molecule has 0 rings (SSSR count). The maximum Gasteiger partial charge on any atom is 0.305 e. The highest BCUT2D eigenvalue weighted by Crippen LogP contribution is 2.12. The van der Waals surface area contributed by atoms with Crippen LogP contribution in [0, 0.1) is 0 Å². The molecule has 0 spiro atoms. The standard InChI is InChI=1S/C24H46O3/c1-2-3-4-5-6-7-8-9-10-11-12-13-14-15-16-17-18-19-20-21-24(26)27-23-22-25/h9-10,25H,2-8,11-23H2,1H3/b10-9+. The highest BCUT2D eigenvalue weighted by atomic mass is 16.5. The number of carbonyl (C=O) groups excluding carboxylic acids is 1. The van der Waals surface area contributed by atoms with Gasteiger partial charge in [-0.2, -0.15) is 0 Å². The Hall–Kier alpha value is -0.830. The second kappa shape index (κ2) is 23.2. The van der Waals surface area contributed by atoms with Crippen molar-refractivity contribution in [2.75, 3.05) is 13.2 Å². The monoisotopic (exact) mass is 382 g/mol. The van der Waals surface area contributed by atoms with Crippen molar-refractivity contribution in [3.63, 3.8) is 0 Å². The molecular formula is C24H46O3. The van der Waals surface area contributed by atoms with Crippen molar-refractivity contribution in [1.82, 2.24) is 0 Å². The summed E-state index contributed by atoms with van der Waals surface area (Å²) >= 11 is 0. The molecule has 0 saturated carbocycles. The van der Waals surface area contributed by atoms with Crippen LogP contribution in [0.5, 0.6) is 0 Å². The van der Waals surface area contributed by atoms with Gasteiger partial charge in [0.2, 0.25) is 0 Å². The maximum absolute atomic E-state index is 11.2. The Balaban J connectivity index is 3.12. The molecule has 0 aliphatic rings. The molecule has 0 radical (unpaired) electrons. The molecule has 0 aromatic carbocycles. The van der Waals surface area contributed by atoms with Gasteiger partial charge in [-0.1, -0.05) is 96.1 Å². The zero-order chi connectivity index (χ0) is 19.8. The molecule has 0 amide bonds. The molecule has 1 N–H and O–H groups in total. The number of rotatable bonds is 21. The van der Waals surface area contributed by atoms with E-state index in [-0.39, 0.29) is 19.2 Å². The first-order chi connectivity index (χ1) is 13.3. The molecule has 0 heterocycles. The lowest BCUT2D eigenvalue weighted by Crippen LogP contribution is -2.07. The Morgan fingerprint density at radius 3 is 1.63 bits per heavy atom. The molecule has 160 valence electrons. The third-order valence-corrected chi connectivity index (χ3v) is 5.00. The first-order valence-corrected chi connectivity index (χ1v) is 11.7. The molecule has 0 saturated heterocycles. The van der Waals surface area contributed by atoms with Crippen molar-refractivity contribution in [2.45, 2.75) is 122 Å². The van der Waals surface area contributed by atoms with Crippen LogP contribution in [0.4, 0.5) is 0 Å². The van der Waals surface area contributed by atoms with E-state index < -0.39 is 0 Å². The molecule has 3 nitrogen and oxygen atoms in total. The molecule has 0 aromatic heterocycles. The highest BCUT2D eigenvalue weighted by Gasteiger charge is 2.01. The second-order valence-corrected chi connectivity index (χ2v) is 7.69. The van der Waals surface area contributed by atoms with E-state index in [2.05, 4.69) is 19.1 Å². The predicted molar refractivity (Wildman–Crippen MR) is 116 cm³/mol. The van der Waals surface area contributed by atoms with Gasteiger partial charge in [0.05, 0.1) is 6.61 Å². The molecule has 0 fully saturated rings. The Morgan fingerprint density at radius 2 is 1.15 bits per heavy atom. The Labute approximate surface area is 169 Å². The van der Waals surface area contributed by atoms with Crippen molar-refractivity contribution in [3.8, 4) is 0 Å². The van der Waals surface area contributed by atoms with Crippen molar-refractivity contribution in [1.29, 1.82) is 0 Å². The number of esters is 1. The third-order valence-electron chi connectivity index (χ3n) is 5.00. The second-order valence-electron chi connectivity index (χ2n) is 7.69. The zero-order valence-corrected chi connectivity index (χ0v) is 18.1. The SMILES string of the molecule is CCCCCCCC/C=C/CCCCCCCCCCCC(=O)OCCO. The molecule has 3 heteroatoms. The summed E-state index contributed by atoms with van der Waals surface area (Å²) in [6, 6.07) is 0. The van der Waals surface area contributed by atoms with Gasteiger partial charge >= 0.3 is 5.97 Å². The summed E-state index contributed by atoms with van der Waals surface area (Å²) in [4.78, 5) is 11.2. The Morgan fingerprint density at radius 1 is 0.704 bits per heavy atom. The number of ether oxygens (including phenoxy) is 1. The minimum Gasteiger partial charge on any atom is -0.463 e. The summed E-state index contributed by atoms with van der Waals surface area (Å²) in [5.41, 5.74) is 0. The number of aliphatic hydroxyl groups excluding tert-OH is 1. The fourth-order valence-electron chi connectivity index (χ4n) is 3.28. The van der Waals surface area contributed by atoms with Gasteiger partial charge in [-0.3, -0.25) is 4.79 Å². The molecule has 27 heavy (non-hydrogen) atoms. The average molecular weight is 383 g/mol. The number of allylic oxidation sites excluding steroid dienone is 2. The minimum absolute atomic E-state index is 0.0821. The lowest BCUT2D eigenvalue weighted by atomic mass is 10.1. The molecular weight excluding hydrogens is 336 g/mol. The van der Waals surface area contributed by atoms with Crippen molar-refractivity contribution < 1.29 is 14.6 Å². The van der Waals surface area contributed by atoms with E-state index in [1.165, 1.54) is 96.3 Å². The van der Waals surface area contributed by atoms with E-state index >= 15 is 0 Å². The largest absolute Gasteiger partial charge is 0.463 e. The molecule has 0 bridgehead atoms. The van der Waals surface area contributed by atoms with Crippen LogP contribution < -0.4 is 0 Å². The number of aliphatic hydroxyl groups is 1. The topological polar surface area (TPSA) is 46.5 Å². The zero-order valence-electron chi connectivity index (χ0n) is 18.1. The van der Waals surface area contributed by atoms with Crippen molar-refractivity contribution >= 4 is 5.97 Å². The van der Waals surface area contributed by atoms with Crippen LogP contribution in [0.1, 0.15) is 122 Å². The number of unbranched alkanes of at least 4 members (excludes halogenated alkanes) is 15. The van der Waals surface area contributed by atoms with Crippen LogP contribution in [0.15, 0.2) is 12.2 Å². The predicted octanol–water partition coefficient (Wildman–Crippen LogP) is 7.12. The number of hydrogen-bond donors (Lipinski definition) is 1. The molecule has 0 aliphatic carbocycles. The third kappa shape index (κ3) is 23.1. The van der Waals surface area contributed by atoms with Gasteiger partial charge in [-0.05, 0) is 32.1 Å². The van der Waals surface area contributed by atoms with Gasteiger partial charge in [-0.25, -0.2) is 0 Å². The van der Waals surface area contributed by atoms with Gasteiger partial charge in [0, 0.05) is 6.42 Å². The normalized spacial score (nSPS) is 11.3. The molecule has 0 atom stereocenters. The Bertz CT molecular complexity index is 326. The van der Waals surface area contributed by atoms with Gasteiger partial charge < -0.3 is 9.84 Å². The summed E-state index contributed by atoms with van der Waals surface area (Å²) in [6.45, 7) is 2.32. The summed E-state index contributed by atoms with van der Waals surface area (Å²) in [5, 5.41) is 8.57. The summed E-state index contributed by atoms with van der Waals surface area (Å²) < 4.78 is 4.83. The fourth-order valence-corrected chi connectivity index (χ4v) is 3.28. The van der Waals surface area contributed by atoms with E-state index in [0.29, 0.717) is 6.42 Å². The smallest absolute Gasteiger partial charge is 0.305 e. The van der Waals surface area contributed by atoms with Crippen LogP contribution in [0.2, 0.25) is 0 Å². The Kier molecular flexibility index (Phi) is 22.5. The lowest BCUT2D eigenvalue weighted by Gasteiger charge is -2.03. The van der Waals surface area contributed by atoms with Gasteiger partial charge in [-0.15, -0.1) is 0 Å². The molecule has 0 unspecified atom stereocenters. The first-order valence-electron chi connectivity index (χ1n) is 11.7. The average Bonchev–Trinajstić information content (AvgIpc) is 2.68. The van der Waals surface area contributed by atoms with Crippen molar-refractivity contribution in [3.05, 3.63) is 12.2 Å². The van der Waals surface area contributed by atoms with Gasteiger partial charge in [0.15, 0.2) is 0 Å². The fraction of sp³-hybridized carbons (Fsp3) is 0.875. The van der Waals surface area contributed by atoms with Gasteiger partial charge in [0.1, 0.15) is 6.61 Å².